The maximum Gasteiger partial charge on any atom is 0.258 e. The van der Waals surface area contributed by atoms with E-state index in [0.29, 0.717) is 22.8 Å². The summed E-state index contributed by atoms with van der Waals surface area (Å²) in [6, 6.07) is 10.2. The number of carbonyl (C=O) groups excluding carboxylic acids is 1. The van der Waals surface area contributed by atoms with Crippen molar-refractivity contribution in [3.8, 4) is 22.8 Å². The van der Waals surface area contributed by atoms with E-state index in [-0.39, 0.29) is 18.6 Å². The van der Waals surface area contributed by atoms with Gasteiger partial charge in [0.15, 0.2) is 11.5 Å². The van der Waals surface area contributed by atoms with Crippen LogP contribution in [0.15, 0.2) is 53.3 Å². The third-order valence-electron chi connectivity index (χ3n) is 3.36. The van der Waals surface area contributed by atoms with Crippen molar-refractivity contribution < 1.29 is 18.8 Å². The largest absolute Gasteiger partial charge is 0.454 e. The number of aromatic nitrogens is 2. The molecule has 3 heterocycles. The molecule has 23 heavy (non-hydrogen) atoms. The molecule has 114 valence electrons. The molecule has 1 aliphatic heterocycles. The normalized spacial score (nSPS) is 12.2. The van der Waals surface area contributed by atoms with Gasteiger partial charge in [0.25, 0.3) is 5.91 Å². The highest BCUT2D eigenvalue weighted by molar-refractivity contribution is 6.04. The molecule has 0 fully saturated rings. The minimum Gasteiger partial charge on any atom is -0.454 e. The minimum atomic E-state index is -0.319. The Morgan fingerprint density at radius 3 is 2.74 bits per heavy atom. The number of rotatable bonds is 3. The Morgan fingerprint density at radius 2 is 1.87 bits per heavy atom. The van der Waals surface area contributed by atoms with Crippen molar-refractivity contribution in [3.05, 3.63) is 54.4 Å². The van der Waals surface area contributed by atoms with Gasteiger partial charge in [-0.3, -0.25) is 15.1 Å². The van der Waals surface area contributed by atoms with E-state index in [2.05, 4.69) is 15.5 Å². The van der Waals surface area contributed by atoms with E-state index in [1.165, 1.54) is 0 Å². The summed E-state index contributed by atoms with van der Waals surface area (Å²) >= 11 is 0. The molecule has 7 nitrogen and oxygen atoms in total. The standard InChI is InChI=1S/C16H11N3O4/c20-16(11-1-2-13-14(7-11)22-9-21-13)18-15-8-12(19-23-15)10-3-5-17-6-4-10/h1-8H,9H2,(H,18,20). The van der Waals surface area contributed by atoms with Crippen LogP contribution in [0.25, 0.3) is 11.3 Å². The number of anilines is 1. The average molecular weight is 309 g/mol. The molecule has 3 aromatic rings. The molecule has 1 N–H and O–H groups in total. The van der Waals surface area contributed by atoms with E-state index in [9.17, 15) is 4.79 Å². The zero-order valence-electron chi connectivity index (χ0n) is 11.9. The number of hydrogen-bond acceptors (Lipinski definition) is 6. The molecule has 0 radical (unpaired) electrons. The number of nitrogens with one attached hydrogen (secondary N) is 1. The van der Waals surface area contributed by atoms with Gasteiger partial charge < -0.3 is 14.0 Å². The lowest BCUT2D eigenvalue weighted by atomic mass is 10.2. The first-order valence-electron chi connectivity index (χ1n) is 6.88. The van der Waals surface area contributed by atoms with Crippen molar-refractivity contribution in [3.63, 3.8) is 0 Å². The summed E-state index contributed by atoms with van der Waals surface area (Å²) in [5.74, 6) is 1.12. The lowest BCUT2D eigenvalue weighted by Crippen LogP contribution is -2.11. The average Bonchev–Trinajstić information content (AvgIpc) is 3.24. The van der Waals surface area contributed by atoms with Crippen molar-refractivity contribution in [1.82, 2.24) is 10.1 Å². The van der Waals surface area contributed by atoms with Crippen LogP contribution in [-0.2, 0) is 0 Å². The molecule has 0 saturated carbocycles. The van der Waals surface area contributed by atoms with E-state index < -0.39 is 0 Å². The number of amides is 1. The van der Waals surface area contributed by atoms with Crippen LogP contribution in [0.5, 0.6) is 11.5 Å². The summed E-state index contributed by atoms with van der Waals surface area (Å²) in [6.07, 6.45) is 3.32. The van der Waals surface area contributed by atoms with Crippen LogP contribution in [-0.4, -0.2) is 22.8 Å². The highest BCUT2D eigenvalue weighted by atomic mass is 16.7. The Labute approximate surface area is 130 Å². The van der Waals surface area contributed by atoms with Gasteiger partial charge in [0.05, 0.1) is 0 Å². The minimum absolute atomic E-state index is 0.164. The van der Waals surface area contributed by atoms with Gasteiger partial charge in [-0.1, -0.05) is 5.16 Å². The quantitative estimate of drug-likeness (QED) is 0.800. The second kappa shape index (κ2) is 5.45. The predicted octanol–water partition coefficient (Wildman–Crippen LogP) is 2.72. The maximum atomic E-state index is 12.3. The summed E-state index contributed by atoms with van der Waals surface area (Å²) in [5.41, 5.74) is 1.91. The molecular weight excluding hydrogens is 298 g/mol. The van der Waals surface area contributed by atoms with E-state index in [4.69, 9.17) is 14.0 Å². The Morgan fingerprint density at radius 1 is 1.04 bits per heavy atom. The zero-order valence-corrected chi connectivity index (χ0v) is 11.9. The van der Waals surface area contributed by atoms with Crippen molar-refractivity contribution in [2.24, 2.45) is 0 Å². The fourth-order valence-corrected chi connectivity index (χ4v) is 2.21. The van der Waals surface area contributed by atoms with Crippen LogP contribution < -0.4 is 14.8 Å². The number of fused-ring (bicyclic) bond motifs is 1. The Kier molecular flexibility index (Phi) is 3.16. The van der Waals surface area contributed by atoms with Gasteiger partial charge in [0.2, 0.25) is 12.7 Å². The van der Waals surface area contributed by atoms with Crippen LogP contribution >= 0.6 is 0 Å². The number of ether oxygens (including phenoxy) is 2. The van der Waals surface area contributed by atoms with Crippen LogP contribution in [0.2, 0.25) is 0 Å². The molecule has 1 amide bonds. The molecular formula is C16H11N3O4. The molecule has 0 unspecified atom stereocenters. The van der Waals surface area contributed by atoms with Gasteiger partial charge in [0.1, 0.15) is 5.69 Å². The fourth-order valence-electron chi connectivity index (χ4n) is 2.21. The van der Waals surface area contributed by atoms with E-state index in [1.54, 1.807) is 48.8 Å². The van der Waals surface area contributed by atoms with Gasteiger partial charge in [-0.25, -0.2) is 0 Å². The van der Waals surface area contributed by atoms with Gasteiger partial charge in [-0.15, -0.1) is 0 Å². The van der Waals surface area contributed by atoms with Gasteiger partial charge >= 0.3 is 0 Å². The smallest absolute Gasteiger partial charge is 0.258 e. The fraction of sp³-hybridized carbons (Fsp3) is 0.0625. The third kappa shape index (κ3) is 2.59. The molecule has 0 atom stereocenters. The number of nitrogens with zero attached hydrogens (tertiary/aromatic N) is 2. The monoisotopic (exact) mass is 309 g/mol. The SMILES string of the molecule is O=C(Nc1cc(-c2ccncc2)no1)c1ccc2c(c1)OCO2. The van der Waals surface area contributed by atoms with Crippen LogP contribution in [0.4, 0.5) is 5.88 Å². The van der Waals surface area contributed by atoms with Crippen molar-refractivity contribution in [2.75, 3.05) is 12.1 Å². The Hall–Kier alpha value is -3.35. The predicted molar refractivity (Wildman–Crippen MR) is 80.3 cm³/mol. The first-order chi connectivity index (χ1) is 11.3. The first-order valence-corrected chi connectivity index (χ1v) is 6.88. The molecule has 1 aliphatic rings. The molecule has 0 aliphatic carbocycles. The number of benzene rings is 1. The van der Waals surface area contributed by atoms with E-state index in [1.807, 2.05) is 0 Å². The van der Waals surface area contributed by atoms with Gasteiger partial charge in [-0.2, -0.15) is 0 Å². The Balaban J connectivity index is 1.52. The highest BCUT2D eigenvalue weighted by Crippen LogP contribution is 2.32. The molecule has 0 saturated heterocycles. The zero-order chi connectivity index (χ0) is 15.6. The second-order valence-corrected chi connectivity index (χ2v) is 4.83. The van der Waals surface area contributed by atoms with Crippen molar-refractivity contribution in [1.29, 1.82) is 0 Å². The van der Waals surface area contributed by atoms with Crippen LogP contribution in [0, 0.1) is 0 Å². The molecule has 0 bridgehead atoms. The number of pyridine rings is 1. The number of hydrogen-bond donors (Lipinski definition) is 1. The topological polar surface area (TPSA) is 86.5 Å². The summed E-state index contributed by atoms with van der Waals surface area (Å²) in [4.78, 5) is 16.2. The molecule has 7 heteroatoms. The van der Waals surface area contributed by atoms with Gasteiger partial charge in [-0.05, 0) is 30.3 Å². The number of carbonyl (C=O) groups is 1. The van der Waals surface area contributed by atoms with E-state index >= 15 is 0 Å². The summed E-state index contributed by atoms with van der Waals surface area (Å²) in [7, 11) is 0. The third-order valence-corrected chi connectivity index (χ3v) is 3.36. The molecule has 2 aromatic heterocycles. The lowest BCUT2D eigenvalue weighted by molar-refractivity contribution is 0.102. The maximum absolute atomic E-state index is 12.3. The summed E-state index contributed by atoms with van der Waals surface area (Å²) < 4.78 is 15.6. The molecule has 0 spiro atoms. The summed E-state index contributed by atoms with van der Waals surface area (Å²) in [6.45, 7) is 0.164. The van der Waals surface area contributed by atoms with Crippen LogP contribution in [0.3, 0.4) is 0 Å². The van der Waals surface area contributed by atoms with E-state index in [0.717, 1.165) is 5.56 Å². The van der Waals surface area contributed by atoms with Crippen molar-refractivity contribution in [2.45, 2.75) is 0 Å². The van der Waals surface area contributed by atoms with Crippen molar-refractivity contribution >= 4 is 11.8 Å². The van der Waals surface area contributed by atoms with Crippen LogP contribution in [0.1, 0.15) is 10.4 Å². The summed E-state index contributed by atoms with van der Waals surface area (Å²) in [5, 5.41) is 6.59. The molecule has 4 rings (SSSR count). The Bertz CT molecular complexity index is 861. The highest BCUT2D eigenvalue weighted by Gasteiger charge is 2.17. The van der Waals surface area contributed by atoms with Gasteiger partial charge in [0, 0.05) is 29.6 Å². The molecule has 1 aromatic carbocycles. The first kappa shape index (κ1) is 13.3. The second-order valence-electron chi connectivity index (χ2n) is 4.83. The lowest BCUT2D eigenvalue weighted by Gasteiger charge is -2.02.